The summed E-state index contributed by atoms with van der Waals surface area (Å²) in [5, 5.41) is 26.5. The van der Waals surface area contributed by atoms with E-state index in [1.165, 1.54) is 18.2 Å². The summed E-state index contributed by atoms with van der Waals surface area (Å²) in [5.41, 5.74) is -0.257. The van der Waals surface area contributed by atoms with E-state index in [1.807, 2.05) is 20.8 Å². The molecule has 1 atom stereocenters. The van der Waals surface area contributed by atoms with Gasteiger partial charge in [0, 0.05) is 33.7 Å². The minimum absolute atomic E-state index is 0.0680. The van der Waals surface area contributed by atoms with Gasteiger partial charge in [0.2, 0.25) is 0 Å². The maximum Gasteiger partial charge on any atom is 0.301 e. The number of nitrogens with zero attached hydrogens (tertiary/aromatic N) is 3. The summed E-state index contributed by atoms with van der Waals surface area (Å²) in [6.07, 6.45) is 0. The molecule has 1 aliphatic heterocycles. The van der Waals surface area contributed by atoms with E-state index in [-0.39, 0.29) is 22.6 Å². The number of amides is 1. The first kappa shape index (κ1) is 23.4. The number of carbonyl (C=O) groups is 2. The Morgan fingerprint density at radius 2 is 1.82 bits per heavy atom. The first-order chi connectivity index (χ1) is 16.0. The summed E-state index contributed by atoms with van der Waals surface area (Å²) in [4.78, 5) is 38.3. The van der Waals surface area contributed by atoms with Crippen molar-refractivity contribution in [2.24, 2.45) is 0 Å². The third-order valence-electron chi connectivity index (χ3n) is 5.44. The number of hydrogen-bond acceptors (Lipinski definition) is 7. The minimum Gasteiger partial charge on any atom is -0.507 e. The van der Waals surface area contributed by atoms with E-state index in [9.17, 15) is 24.8 Å². The quantitative estimate of drug-likeness (QED) is 0.161. The monoisotopic (exact) mass is 525 g/mol. The van der Waals surface area contributed by atoms with Crippen LogP contribution in [0.4, 0.5) is 11.5 Å². The summed E-state index contributed by atoms with van der Waals surface area (Å²) < 4.78 is 6.18. The Bertz CT molecular complexity index is 1340. The standard InChI is InChI=1S/C24H20BrN3O6/c1-24(2,3)17-12-18(26-34-17)27-20(14-5-4-6-16(11-14)28(32)33)19(22(30)23(27)31)21(29)13-7-9-15(25)10-8-13/h4-12,20,29H,1-3H3/b21-19+/t20-/m1/s1. The van der Waals surface area contributed by atoms with Gasteiger partial charge in [-0.05, 0) is 17.7 Å². The number of carbonyl (C=O) groups excluding carboxylic acids is 2. The third kappa shape index (κ3) is 4.12. The molecule has 0 saturated carbocycles. The second-order valence-electron chi connectivity index (χ2n) is 8.83. The first-order valence-corrected chi connectivity index (χ1v) is 11.1. The molecule has 1 fully saturated rings. The average Bonchev–Trinajstić information content (AvgIpc) is 3.37. The number of halogens is 1. The van der Waals surface area contributed by atoms with Gasteiger partial charge in [0.25, 0.3) is 11.5 Å². The Labute approximate surface area is 202 Å². The van der Waals surface area contributed by atoms with Crippen molar-refractivity contribution in [2.75, 3.05) is 4.90 Å². The number of aliphatic hydroxyl groups is 1. The van der Waals surface area contributed by atoms with Crippen molar-refractivity contribution in [2.45, 2.75) is 32.2 Å². The third-order valence-corrected chi connectivity index (χ3v) is 5.97. The molecular formula is C24H20BrN3O6. The van der Waals surface area contributed by atoms with Gasteiger partial charge in [-0.15, -0.1) is 0 Å². The van der Waals surface area contributed by atoms with Gasteiger partial charge in [0.1, 0.15) is 11.5 Å². The van der Waals surface area contributed by atoms with Crippen LogP contribution in [-0.4, -0.2) is 26.9 Å². The second-order valence-corrected chi connectivity index (χ2v) is 9.74. The number of aliphatic hydroxyl groups excluding tert-OH is 1. The number of rotatable bonds is 4. The van der Waals surface area contributed by atoms with Gasteiger partial charge in [0.05, 0.1) is 16.5 Å². The normalized spacial score (nSPS) is 17.9. The summed E-state index contributed by atoms with van der Waals surface area (Å²) in [5.74, 6) is -1.71. The van der Waals surface area contributed by atoms with Crippen LogP contribution in [0.3, 0.4) is 0 Å². The van der Waals surface area contributed by atoms with Crippen LogP contribution in [0.5, 0.6) is 0 Å². The lowest BCUT2D eigenvalue weighted by atomic mass is 9.93. The molecule has 34 heavy (non-hydrogen) atoms. The fourth-order valence-corrected chi connectivity index (χ4v) is 3.95. The fourth-order valence-electron chi connectivity index (χ4n) is 3.69. The largest absolute Gasteiger partial charge is 0.507 e. The molecule has 3 aromatic rings. The zero-order valence-electron chi connectivity index (χ0n) is 18.5. The van der Waals surface area contributed by atoms with Gasteiger partial charge in [-0.25, -0.2) is 0 Å². The predicted octanol–water partition coefficient (Wildman–Crippen LogP) is 5.27. The molecule has 1 saturated heterocycles. The van der Waals surface area contributed by atoms with Crippen LogP contribution >= 0.6 is 15.9 Å². The Balaban J connectivity index is 1.95. The highest BCUT2D eigenvalue weighted by Gasteiger charge is 2.48. The van der Waals surface area contributed by atoms with Gasteiger partial charge in [-0.1, -0.05) is 66.1 Å². The van der Waals surface area contributed by atoms with Gasteiger partial charge in [0.15, 0.2) is 5.82 Å². The molecule has 4 rings (SSSR count). The van der Waals surface area contributed by atoms with E-state index in [4.69, 9.17) is 4.52 Å². The Hall–Kier alpha value is -3.79. The highest BCUT2D eigenvalue weighted by atomic mass is 79.9. The molecule has 9 nitrogen and oxygen atoms in total. The number of benzene rings is 2. The number of hydrogen-bond donors (Lipinski definition) is 1. The van der Waals surface area contributed by atoms with Crippen LogP contribution in [0.1, 0.15) is 43.7 Å². The lowest BCUT2D eigenvalue weighted by molar-refractivity contribution is -0.384. The molecule has 1 amide bonds. The lowest BCUT2D eigenvalue weighted by Gasteiger charge is -2.22. The van der Waals surface area contributed by atoms with Crippen molar-refractivity contribution >= 4 is 44.9 Å². The molecule has 0 aliphatic carbocycles. The summed E-state index contributed by atoms with van der Waals surface area (Å²) >= 11 is 3.32. The van der Waals surface area contributed by atoms with E-state index in [0.29, 0.717) is 11.3 Å². The van der Waals surface area contributed by atoms with Crippen molar-refractivity contribution in [3.63, 3.8) is 0 Å². The number of anilines is 1. The highest BCUT2D eigenvalue weighted by Crippen LogP contribution is 2.43. The minimum atomic E-state index is -1.15. The molecule has 174 valence electrons. The molecule has 2 heterocycles. The topological polar surface area (TPSA) is 127 Å². The van der Waals surface area contributed by atoms with Crippen molar-refractivity contribution in [1.82, 2.24) is 5.16 Å². The van der Waals surface area contributed by atoms with Crippen molar-refractivity contribution in [3.05, 3.63) is 91.6 Å². The van der Waals surface area contributed by atoms with Crippen LogP contribution in [0, 0.1) is 10.1 Å². The van der Waals surface area contributed by atoms with Crippen molar-refractivity contribution in [3.8, 4) is 0 Å². The van der Waals surface area contributed by atoms with E-state index in [0.717, 1.165) is 9.37 Å². The zero-order valence-corrected chi connectivity index (χ0v) is 20.1. The van der Waals surface area contributed by atoms with Crippen molar-refractivity contribution < 1.29 is 24.1 Å². The van der Waals surface area contributed by atoms with Crippen LogP contribution in [0.15, 0.2) is 69.2 Å². The average molecular weight is 526 g/mol. The van der Waals surface area contributed by atoms with Crippen LogP contribution in [-0.2, 0) is 15.0 Å². The Kier molecular flexibility index (Phi) is 5.86. The van der Waals surface area contributed by atoms with Crippen LogP contribution in [0.25, 0.3) is 5.76 Å². The van der Waals surface area contributed by atoms with E-state index in [1.54, 1.807) is 36.4 Å². The fraction of sp³-hybridized carbons (Fsp3) is 0.208. The number of nitro groups is 1. The molecule has 1 N–H and O–H groups in total. The molecule has 0 unspecified atom stereocenters. The molecule has 10 heteroatoms. The zero-order chi connectivity index (χ0) is 24.8. The van der Waals surface area contributed by atoms with E-state index in [2.05, 4.69) is 21.1 Å². The first-order valence-electron chi connectivity index (χ1n) is 10.3. The van der Waals surface area contributed by atoms with Gasteiger partial charge >= 0.3 is 5.91 Å². The van der Waals surface area contributed by atoms with E-state index >= 15 is 0 Å². The number of aromatic nitrogens is 1. The number of ketones is 1. The molecule has 1 aliphatic rings. The van der Waals surface area contributed by atoms with E-state index < -0.39 is 33.8 Å². The number of nitro benzene ring substituents is 1. The van der Waals surface area contributed by atoms with Crippen molar-refractivity contribution in [1.29, 1.82) is 0 Å². The van der Waals surface area contributed by atoms with Gasteiger partial charge < -0.3 is 9.63 Å². The maximum atomic E-state index is 13.2. The molecule has 0 spiro atoms. The summed E-state index contributed by atoms with van der Waals surface area (Å²) in [6.45, 7) is 5.70. The SMILES string of the molecule is CC(C)(C)c1cc(N2C(=O)C(=O)/C(=C(/O)c3ccc(Br)cc3)[C@H]2c2cccc([N+](=O)[O-])c2)no1. The molecular weight excluding hydrogens is 506 g/mol. The predicted molar refractivity (Wildman–Crippen MR) is 127 cm³/mol. The number of non-ortho nitro benzene ring substituents is 1. The smallest absolute Gasteiger partial charge is 0.301 e. The molecule has 0 radical (unpaired) electrons. The summed E-state index contributed by atoms with van der Waals surface area (Å²) in [7, 11) is 0. The second kappa shape index (κ2) is 8.53. The lowest BCUT2D eigenvalue weighted by Crippen LogP contribution is -2.29. The highest BCUT2D eigenvalue weighted by molar-refractivity contribution is 9.10. The van der Waals surface area contributed by atoms with Gasteiger partial charge in [-0.2, -0.15) is 0 Å². The molecule has 1 aromatic heterocycles. The maximum absolute atomic E-state index is 13.2. The van der Waals surface area contributed by atoms with Gasteiger partial charge in [-0.3, -0.25) is 24.6 Å². The summed E-state index contributed by atoms with van der Waals surface area (Å²) in [6, 6.07) is 12.5. The molecule has 0 bridgehead atoms. The molecule has 2 aromatic carbocycles. The van der Waals surface area contributed by atoms with Crippen LogP contribution < -0.4 is 4.90 Å². The Morgan fingerprint density at radius 1 is 1.15 bits per heavy atom. The number of Topliss-reactive ketones (excluding diaryl/α,β-unsaturated/α-hetero) is 1. The Morgan fingerprint density at radius 3 is 2.41 bits per heavy atom. The van der Waals surface area contributed by atoms with Crippen LogP contribution in [0.2, 0.25) is 0 Å².